The molecular formula is C15H13BrN2O2S. The fraction of sp³-hybridized carbons (Fsp3) is 0.133. The molecule has 0 spiro atoms. The quantitative estimate of drug-likeness (QED) is 0.668. The Morgan fingerprint density at radius 3 is 2.43 bits per heavy atom. The maximum Gasteiger partial charge on any atom is 0.283 e. The number of hydrogen-bond donors (Lipinski definition) is 0. The van der Waals surface area contributed by atoms with E-state index in [-0.39, 0.29) is 4.90 Å². The molecule has 0 aliphatic heterocycles. The molecule has 0 unspecified atom stereocenters. The fourth-order valence-corrected chi connectivity index (χ4v) is 3.91. The molecule has 0 saturated carbocycles. The van der Waals surface area contributed by atoms with Crippen LogP contribution in [0.1, 0.15) is 11.3 Å². The third kappa shape index (κ3) is 2.38. The van der Waals surface area contributed by atoms with E-state index in [2.05, 4.69) is 21.0 Å². The minimum Gasteiger partial charge on any atom is -0.199 e. The first-order valence-electron chi connectivity index (χ1n) is 6.39. The summed E-state index contributed by atoms with van der Waals surface area (Å²) < 4.78 is 26.7. The largest absolute Gasteiger partial charge is 0.283 e. The van der Waals surface area contributed by atoms with Crippen LogP contribution in [0.3, 0.4) is 0 Å². The fourth-order valence-electron chi connectivity index (χ4n) is 2.19. The number of benzene rings is 2. The lowest BCUT2D eigenvalue weighted by Crippen LogP contribution is -2.14. The lowest BCUT2D eigenvalue weighted by Gasteiger charge is -2.06. The molecule has 0 aliphatic carbocycles. The molecule has 21 heavy (non-hydrogen) atoms. The van der Waals surface area contributed by atoms with Gasteiger partial charge in [0.25, 0.3) is 10.0 Å². The van der Waals surface area contributed by atoms with Crippen LogP contribution in [0.5, 0.6) is 0 Å². The third-order valence-electron chi connectivity index (χ3n) is 3.31. The summed E-state index contributed by atoms with van der Waals surface area (Å²) in [5.41, 5.74) is 2.31. The van der Waals surface area contributed by atoms with Gasteiger partial charge in [0.1, 0.15) is 0 Å². The van der Waals surface area contributed by atoms with E-state index in [4.69, 9.17) is 0 Å². The van der Waals surface area contributed by atoms with Crippen LogP contribution in [0.2, 0.25) is 0 Å². The zero-order valence-corrected chi connectivity index (χ0v) is 13.7. The number of hydrogen-bond acceptors (Lipinski definition) is 3. The average Bonchev–Trinajstić information content (AvgIpc) is 2.87. The summed E-state index contributed by atoms with van der Waals surface area (Å²) in [7, 11) is -3.69. The van der Waals surface area contributed by atoms with Gasteiger partial charge in [-0.3, -0.25) is 0 Å². The van der Waals surface area contributed by atoms with Crippen molar-refractivity contribution in [2.24, 2.45) is 0 Å². The second-order valence-electron chi connectivity index (χ2n) is 4.76. The van der Waals surface area contributed by atoms with E-state index >= 15 is 0 Å². The maximum atomic E-state index is 12.8. The highest BCUT2D eigenvalue weighted by molar-refractivity contribution is 9.08. The normalized spacial score (nSPS) is 11.9. The number of para-hydroxylation sites is 1. The SMILES string of the molecule is Cc1ccc(S(=O)(=O)n2nc(CBr)c3ccccc32)cc1. The molecule has 0 saturated heterocycles. The lowest BCUT2D eigenvalue weighted by molar-refractivity contribution is 0.582. The number of halogens is 1. The first kappa shape index (κ1) is 14.3. The van der Waals surface area contributed by atoms with Crippen molar-refractivity contribution in [1.29, 1.82) is 0 Å². The molecule has 0 fully saturated rings. The number of alkyl halides is 1. The molecule has 1 aromatic heterocycles. The lowest BCUT2D eigenvalue weighted by atomic mass is 10.2. The Morgan fingerprint density at radius 1 is 1.10 bits per heavy atom. The molecule has 1 heterocycles. The molecule has 0 bridgehead atoms. The Balaban J connectivity index is 2.26. The van der Waals surface area contributed by atoms with E-state index in [0.29, 0.717) is 16.5 Å². The van der Waals surface area contributed by atoms with Gasteiger partial charge in [0, 0.05) is 10.7 Å². The Hall–Kier alpha value is -1.66. The first-order chi connectivity index (χ1) is 10.0. The molecular weight excluding hydrogens is 352 g/mol. The van der Waals surface area contributed by atoms with E-state index in [0.717, 1.165) is 15.0 Å². The van der Waals surface area contributed by atoms with Gasteiger partial charge >= 0.3 is 0 Å². The summed E-state index contributed by atoms with van der Waals surface area (Å²) in [6.07, 6.45) is 0. The minimum atomic E-state index is -3.69. The van der Waals surface area contributed by atoms with E-state index in [1.165, 1.54) is 0 Å². The van der Waals surface area contributed by atoms with Crippen molar-refractivity contribution >= 4 is 36.9 Å². The van der Waals surface area contributed by atoms with Crippen molar-refractivity contribution in [1.82, 2.24) is 9.19 Å². The number of aromatic nitrogens is 2. The average molecular weight is 365 g/mol. The van der Waals surface area contributed by atoms with Crippen molar-refractivity contribution in [3.8, 4) is 0 Å². The minimum absolute atomic E-state index is 0.238. The van der Waals surface area contributed by atoms with Gasteiger partial charge in [0.2, 0.25) is 0 Å². The zero-order chi connectivity index (χ0) is 15.0. The molecule has 2 aromatic carbocycles. The topological polar surface area (TPSA) is 52.0 Å². The number of fused-ring (bicyclic) bond motifs is 1. The van der Waals surface area contributed by atoms with Crippen LogP contribution in [-0.4, -0.2) is 17.6 Å². The van der Waals surface area contributed by atoms with Gasteiger partial charge in [0.15, 0.2) is 0 Å². The van der Waals surface area contributed by atoms with Gasteiger partial charge < -0.3 is 0 Å². The Bertz CT molecular complexity index is 899. The highest BCUT2D eigenvalue weighted by Gasteiger charge is 2.22. The second-order valence-corrected chi connectivity index (χ2v) is 7.09. The van der Waals surface area contributed by atoms with E-state index in [9.17, 15) is 8.42 Å². The van der Waals surface area contributed by atoms with Gasteiger partial charge in [-0.2, -0.15) is 17.6 Å². The van der Waals surface area contributed by atoms with Gasteiger partial charge in [-0.25, -0.2) is 0 Å². The molecule has 6 heteroatoms. The van der Waals surface area contributed by atoms with E-state index in [1.807, 2.05) is 25.1 Å². The van der Waals surface area contributed by atoms with Crippen molar-refractivity contribution in [3.63, 3.8) is 0 Å². The summed E-state index contributed by atoms with van der Waals surface area (Å²) in [5.74, 6) is 0. The van der Waals surface area contributed by atoms with Crippen molar-refractivity contribution < 1.29 is 8.42 Å². The van der Waals surface area contributed by atoms with E-state index in [1.54, 1.807) is 30.3 Å². The molecule has 0 aliphatic rings. The number of rotatable bonds is 3. The summed E-state index contributed by atoms with van der Waals surface area (Å²) >= 11 is 3.35. The molecule has 0 N–H and O–H groups in total. The predicted octanol–water partition coefficient (Wildman–Crippen LogP) is 3.48. The van der Waals surface area contributed by atoms with Crippen molar-refractivity contribution in [2.75, 3.05) is 0 Å². The Morgan fingerprint density at radius 2 is 1.76 bits per heavy atom. The summed E-state index contributed by atoms with van der Waals surface area (Å²) in [4.78, 5) is 0.238. The van der Waals surface area contributed by atoms with Crippen molar-refractivity contribution in [3.05, 3.63) is 59.8 Å². The Labute approximate surface area is 131 Å². The third-order valence-corrected chi connectivity index (χ3v) is 5.44. The van der Waals surface area contributed by atoms with Gasteiger partial charge in [-0.15, -0.1) is 0 Å². The van der Waals surface area contributed by atoms with Crippen LogP contribution in [-0.2, 0) is 15.4 Å². The highest BCUT2D eigenvalue weighted by Crippen LogP contribution is 2.24. The van der Waals surface area contributed by atoms with Crippen molar-refractivity contribution in [2.45, 2.75) is 17.1 Å². The zero-order valence-electron chi connectivity index (χ0n) is 11.3. The van der Waals surface area contributed by atoms with Crippen LogP contribution in [0.25, 0.3) is 10.9 Å². The van der Waals surface area contributed by atoms with Gasteiger partial charge in [-0.05, 0) is 25.1 Å². The van der Waals surface area contributed by atoms with Crippen LogP contribution in [0.15, 0.2) is 53.4 Å². The predicted molar refractivity (Wildman–Crippen MR) is 86.1 cm³/mol. The maximum absolute atomic E-state index is 12.8. The molecule has 4 nitrogen and oxygen atoms in total. The molecule has 0 atom stereocenters. The van der Waals surface area contributed by atoms with E-state index < -0.39 is 10.0 Å². The van der Waals surface area contributed by atoms with Crippen LogP contribution in [0.4, 0.5) is 0 Å². The Kier molecular flexibility index (Phi) is 3.59. The van der Waals surface area contributed by atoms with Crippen LogP contribution < -0.4 is 0 Å². The molecule has 0 radical (unpaired) electrons. The second kappa shape index (κ2) is 5.27. The molecule has 108 valence electrons. The van der Waals surface area contributed by atoms with Gasteiger partial charge in [-0.1, -0.05) is 51.8 Å². The van der Waals surface area contributed by atoms with Gasteiger partial charge in [0.05, 0.1) is 16.1 Å². The number of nitrogens with zero attached hydrogens (tertiary/aromatic N) is 2. The molecule has 3 aromatic rings. The van der Waals surface area contributed by atoms with Crippen LogP contribution >= 0.6 is 15.9 Å². The monoisotopic (exact) mass is 364 g/mol. The van der Waals surface area contributed by atoms with Crippen LogP contribution in [0, 0.1) is 6.92 Å². The summed E-state index contributed by atoms with van der Waals surface area (Å²) in [5, 5.41) is 5.60. The smallest absolute Gasteiger partial charge is 0.199 e. The summed E-state index contributed by atoms with van der Waals surface area (Å²) in [6.45, 7) is 1.92. The standard InChI is InChI=1S/C15H13BrN2O2S/c1-11-6-8-12(9-7-11)21(19,20)18-15-5-3-2-4-13(15)14(10-16)17-18/h2-9H,10H2,1H3. The molecule has 0 amide bonds. The summed E-state index contributed by atoms with van der Waals surface area (Å²) in [6, 6.07) is 14.1. The first-order valence-corrected chi connectivity index (χ1v) is 8.95. The highest BCUT2D eigenvalue weighted by atomic mass is 79.9. The number of aryl methyl sites for hydroxylation is 1. The molecule has 3 rings (SSSR count).